The minimum absolute atomic E-state index is 0.0884. The highest BCUT2D eigenvalue weighted by molar-refractivity contribution is 5.91. The molecule has 0 saturated heterocycles. The van der Waals surface area contributed by atoms with Crippen molar-refractivity contribution in [1.29, 1.82) is 0 Å². The van der Waals surface area contributed by atoms with Gasteiger partial charge in [0.1, 0.15) is 6.04 Å². The van der Waals surface area contributed by atoms with Gasteiger partial charge in [-0.15, -0.1) is 0 Å². The molecule has 25 heavy (non-hydrogen) atoms. The third kappa shape index (κ3) is 12.5. The Bertz CT molecular complexity index is 410. The topological polar surface area (TPSA) is 93.7 Å². The molecule has 0 unspecified atom stereocenters. The van der Waals surface area contributed by atoms with Crippen LogP contribution < -0.4 is 10.6 Å². The fourth-order valence-electron chi connectivity index (χ4n) is 2.02. The number of Topliss-reactive ketones (excluding diaryl/α,β-unsaturated/α-hetero) is 1. The molecule has 0 bridgehead atoms. The molecule has 0 aromatic heterocycles. The van der Waals surface area contributed by atoms with Crippen LogP contribution in [0.1, 0.15) is 47.0 Å². The molecular weight excluding hydrogens is 324 g/mol. The number of hydrogen-bond donors (Lipinski definition) is 2. The van der Waals surface area contributed by atoms with Gasteiger partial charge in [-0.2, -0.15) is 0 Å². The van der Waals surface area contributed by atoms with Gasteiger partial charge < -0.3 is 20.1 Å². The zero-order valence-electron chi connectivity index (χ0n) is 16.2. The zero-order valence-corrected chi connectivity index (χ0v) is 16.2. The molecule has 7 nitrogen and oxygen atoms in total. The summed E-state index contributed by atoms with van der Waals surface area (Å²) >= 11 is 0. The van der Waals surface area contributed by atoms with Gasteiger partial charge in [-0.05, 0) is 12.3 Å². The number of nitrogens with one attached hydrogen (secondary N) is 2. The van der Waals surface area contributed by atoms with Crippen LogP contribution in [0.4, 0.5) is 0 Å². The van der Waals surface area contributed by atoms with Gasteiger partial charge in [0, 0.05) is 32.4 Å². The number of amides is 2. The second-order valence-corrected chi connectivity index (χ2v) is 6.77. The van der Waals surface area contributed by atoms with Crippen LogP contribution in [0.3, 0.4) is 0 Å². The Morgan fingerprint density at radius 1 is 0.920 bits per heavy atom. The molecule has 2 N–H and O–H groups in total. The van der Waals surface area contributed by atoms with Gasteiger partial charge >= 0.3 is 0 Å². The molecule has 0 radical (unpaired) electrons. The molecule has 0 spiro atoms. The van der Waals surface area contributed by atoms with E-state index < -0.39 is 6.04 Å². The Morgan fingerprint density at radius 2 is 1.60 bits per heavy atom. The summed E-state index contributed by atoms with van der Waals surface area (Å²) in [5.41, 5.74) is 0. The molecule has 0 saturated carbocycles. The van der Waals surface area contributed by atoms with Crippen molar-refractivity contribution in [2.24, 2.45) is 11.8 Å². The second-order valence-electron chi connectivity index (χ2n) is 6.77. The molecule has 0 aromatic carbocycles. The largest absolute Gasteiger partial charge is 0.382 e. The Labute approximate surface area is 151 Å². The van der Waals surface area contributed by atoms with Gasteiger partial charge in [0.2, 0.25) is 11.8 Å². The van der Waals surface area contributed by atoms with E-state index in [9.17, 15) is 14.4 Å². The third-order valence-corrected chi connectivity index (χ3v) is 3.61. The SMILES string of the molecule is COCCOCCC(=O)NC[C@H](NC(=O)CCC(C)C)C(=O)C(C)C. The van der Waals surface area contributed by atoms with Crippen LogP contribution >= 0.6 is 0 Å². The highest BCUT2D eigenvalue weighted by Gasteiger charge is 2.23. The number of rotatable bonds is 14. The van der Waals surface area contributed by atoms with Crippen molar-refractivity contribution in [3.63, 3.8) is 0 Å². The number of hydrogen-bond acceptors (Lipinski definition) is 5. The van der Waals surface area contributed by atoms with E-state index in [0.29, 0.717) is 32.2 Å². The fraction of sp³-hybridized carbons (Fsp3) is 0.833. The molecule has 2 amide bonds. The zero-order chi connectivity index (χ0) is 19.2. The van der Waals surface area contributed by atoms with Crippen LogP contribution in [-0.2, 0) is 23.9 Å². The van der Waals surface area contributed by atoms with E-state index in [1.54, 1.807) is 21.0 Å². The third-order valence-electron chi connectivity index (χ3n) is 3.61. The average Bonchev–Trinajstić information content (AvgIpc) is 2.55. The Morgan fingerprint density at radius 3 is 2.16 bits per heavy atom. The van der Waals surface area contributed by atoms with Crippen molar-refractivity contribution in [2.45, 2.75) is 53.0 Å². The second kappa shape index (κ2) is 13.8. The molecule has 0 aromatic rings. The maximum atomic E-state index is 12.3. The summed E-state index contributed by atoms with van der Waals surface area (Å²) in [6.07, 6.45) is 1.34. The minimum Gasteiger partial charge on any atom is -0.382 e. The van der Waals surface area contributed by atoms with E-state index in [1.165, 1.54) is 0 Å². The summed E-state index contributed by atoms with van der Waals surface area (Å²) in [5, 5.41) is 5.44. The molecule has 0 rings (SSSR count). The number of ketones is 1. The summed E-state index contributed by atoms with van der Waals surface area (Å²) in [5.74, 6) is -0.262. The van der Waals surface area contributed by atoms with Crippen LogP contribution in [0.5, 0.6) is 0 Å². The molecular formula is C18H34N2O5. The van der Waals surface area contributed by atoms with Crippen molar-refractivity contribution >= 4 is 17.6 Å². The van der Waals surface area contributed by atoms with Gasteiger partial charge in [0.15, 0.2) is 5.78 Å². The lowest BCUT2D eigenvalue weighted by molar-refractivity contribution is -0.130. The number of ether oxygens (including phenoxy) is 2. The number of carbonyl (C=O) groups excluding carboxylic acids is 3. The summed E-state index contributed by atoms with van der Waals surface area (Å²) in [6, 6.07) is -0.696. The van der Waals surface area contributed by atoms with E-state index in [4.69, 9.17) is 9.47 Å². The first-order valence-electron chi connectivity index (χ1n) is 8.94. The molecule has 0 aliphatic carbocycles. The molecule has 7 heteroatoms. The molecule has 0 fully saturated rings. The molecule has 146 valence electrons. The van der Waals surface area contributed by atoms with Crippen molar-refractivity contribution < 1.29 is 23.9 Å². The Hall–Kier alpha value is -1.47. The predicted molar refractivity (Wildman–Crippen MR) is 96.2 cm³/mol. The van der Waals surface area contributed by atoms with E-state index >= 15 is 0 Å². The standard InChI is InChI=1S/C18H34N2O5/c1-13(2)6-7-17(22)20-15(18(23)14(3)4)12-19-16(21)8-9-25-11-10-24-5/h13-15H,6-12H2,1-5H3,(H,19,21)(H,20,22)/t15-/m0/s1. The van der Waals surface area contributed by atoms with Gasteiger partial charge in [-0.1, -0.05) is 27.7 Å². The van der Waals surface area contributed by atoms with Gasteiger partial charge in [-0.25, -0.2) is 0 Å². The van der Waals surface area contributed by atoms with Crippen molar-refractivity contribution in [3.05, 3.63) is 0 Å². The van der Waals surface area contributed by atoms with E-state index in [-0.39, 0.29) is 36.5 Å². The first-order valence-corrected chi connectivity index (χ1v) is 8.94. The highest BCUT2D eigenvalue weighted by Crippen LogP contribution is 2.05. The van der Waals surface area contributed by atoms with Crippen LogP contribution in [0.25, 0.3) is 0 Å². The summed E-state index contributed by atoms with van der Waals surface area (Å²) in [6.45, 7) is 8.94. The predicted octanol–water partition coefficient (Wildman–Crippen LogP) is 1.30. The molecule has 0 heterocycles. The van der Waals surface area contributed by atoms with Crippen LogP contribution in [0.15, 0.2) is 0 Å². The van der Waals surface area contributed by atoms with E-state index in [1.807, 2.05) is 13.8 Å². The molecule has 1 atom stereocenters. The maximum Gasteiger partial charge on any atom is 0.222 e. The highest BCUT2D eigenvalue weighted by atomic mass is 16.5. The quantitative estimate of drug-likeness (QED) is 0.457. The minimum atomic E-state index is -0.696. The van der Waals surface area contributed by atoms with Gasteiger partial charge in [0.05, 0.1) is 19.8 Å². The van der Waals surface area contributed by atoms with Crippen LogP contribution in [0, 0.1) is 11.8 Å². The van der Waals surface area contributed by atoms with Gasteiger partial charge in [-0.3, -0.25) is 14.4 Å². The summed E-state index contributed by atoms with van der Waals surface area (Å²) < 4.78 is 10.1. The van der Waals surface area contributed by atoms with E-state index in [0.717, 1.165) is 6.42 Å². The fourth-order valence-corrected chi connectivity index (χ4v) is 2.02. The lowest BCUT2D eigenvalue weighted by atomic mass is 10.0. The normalized spacial score (nSPS) is 12.3. The first kappa shape index (κ1) is 23.5. The first-order chi connectivity index (χ1) is 11.8. The molecule has 0 aliphatic heterocycles. The molecule has 0 aliphatic rings. The van der Waals surface area contributed by atoms with Crippen LogP contribution in [0.2, 0.25) is 0 Å². The summed E-state index contributed by atoms with van der Waals surface area (Å²) in [4.78, 5) is 36.1. The van der Waals surface area contributed by atoms with Crippen LogP contribution in [-0.4, -0.2) is 57.1 Å². The number of methoxy groups -OCH3 is 1. The summed E-state index contributed by atoms with van der Waals surface area (Å²) in [7, 11) is 1.58. The van der Waals surface area contributed by atoms with Crippen molar-refractivity contribution in [2.75, 3.05) is 33.5 Å². The Balaban J connectivity index is 4.33. The smallest absolute Gasteiger partial charge is 0.222 e. The van der Waals surface area contributed by atoms with Crippen molar-refractivity contribution in [1.82, 2.24) is 10.6 Å². The maximum absolute atomic E-state index is 12.3. The lowest BCUT2D eigenvalue weighted by Gasteiger charge is -2.20. The Kier molecular flexibility index (Phi) is 13.0. The van der Waals surface area contributed by atoms with Crippen molar-refractivity contribution in [3.8, 4) is 0 Å². The monoisotopic (exact) mass is 358 g/mol. The lowest BCUT2D eigenvalue weighted by Crippen LogP contribution is -2.49. The average molecular weight is 358 g/mol. The van der Waals surface area contributed by atoms with Gasteiger partial charge in [0.25, 0.3) is 0 Å². The van der Waals surface area contributed by atoms with E-state index in [2.05, 4.69) is 10.6 Å². The number of carbonyl (C=O) groups is 3.